The molecule has 0 aliphatic rings. The van der Waals surface area contributed by atoms with Gasteiger partial charge in [-0.05, 0) is 37.5 Å². The number of aryl methyl sites for hydroxylation is 4. The Kier molecular flexibility index (Phi) is 4.43. The molecule has 0 saturated heterocycles. The third-order valence-corrected chi connectivity index (χ3v) is 4.10. The van der Waals surface area contributed by atoms with Gasteiger partial charge in [0, 0.05) is 19.3 Å². The van der Waals surface area contributed by atoms with Crippen molar-refractivity contribution in [2.24, 2.45) is 0 Å². The summed E-state index contributed by atoms with van der Waals surface area (Å²) in [6.45, 7) is 5.31. The van der Waals surface area contributed by atoms with Crippen molar-refractivity contribution in [3.8, 4) is 11.3 Å². The molecule has 5 nitrogen and oxygen atoms in total. The molecule has 0 spiro atoms. The van der Waals surface area contributed by atoms with Gasteiger partial charge in [-0.15, -0.1) is 5.10 Å². The van der Waals surface area contributed by atoms with Gasteiger partial charge in [0.2, 0.25) is 0 Å². The van der Waals surface area contributed by atoms with Gasteiger partial charge < -0.3 is 0 Å². The number of aromatic nitrogens is 5. The lowest BCUT2D eigenvalue weighted by Crippen LogP contribution is -2.05. The molecule has 0 bridgehead atoms. The van der Waals surface area contributed by atoms with Crippen LogP contribution in [0.25, 0.3) is 11.3 Å². The Labute approximate surface area is 138 Å². The van der Waals surface area contributed by atoms with Crippen LogP contribution in [0, 0.1) is 19.7 Å². The van der Waals surface area contributed by atoms with E-state index in [-0.39, 0.29) is 5.82 Å². The predicted molar refractivity (Wildman–Crippen MR) is 86.7 cm³/mol. The van der Waals surface area contributed by atoms with Crippen molar-refractivity contribution in [2.45, 2.75) is 33.4 Å². The minimum Gasteiger partial charge on any atom is -0.272 e. The van der Waals surface area contributed by atoms with Crippen molar-refractivity contribution in [2.75, 3.05) is 0 Å². The molecular weight excluding hydrogens is 317 g/mol. The molecule has 2 aromatic heterocycles. The van der Waals surface area contributed by atoms with E-state index < -0.39 is 0 Å². The average molecular weight is 334 g/mol. The Hall–Kier alpha value is -2.21. The second-order valence-corrected chi connectivity index (χ2v) is 5.93. The van der Waals surface area contributed by atoms with Crippen LogP contribution in [-0.2, 0) is 13.1 Å². The Morgan fingerprint density at radius 1 is 1.13 bits per heavy atom. The molecule has 0 N–H and O–H groups in total. The molecule has 0 radical (unpaired) electrons. The zero-order valence-corrected chi connectivity index (χ0v) is 13.8. The molecule has 3 aromatic rings. The molecule has 23 heavy (non-hydrogen) atoms. The molecule has 7 heteroatoms. The van der Waals surface area contributed by atoms with Gasteiger partial charge in [0.15, 0.2) is 0 Å². The lowest BCUT2D eigenvalue weighted by Gasteiger charge is -2.05. The maximum Gasteiger partial charge on any atom is 0.134 e. The minimum absolute atomic E-state index is 0.306. The highest BCUT2D eigenvalue weighted by molar-refractivity contribution is 6.34. The molecule has 3 rings (SSSR count). The van der Waals surface area contributed by atoms with Crippen LogP contribution in [0.1, 0.15) is 17.5 Å². The highest BCUT2D eigenvalue weighted by Gasteiger charge is 2.15. The molecule has 0 amide bonds. The van der Waals surface area contributed by atoms with E-state index in [1.54, 1.807) is 16.9 Å². The van der Waals surface area contributed by atoms with Gasteiger partial charge in [-0.25, -0.2) is 4.39 Å². The third kappa shape index (κ3) is 3.42. The summed E-state index contributed by atoms with van der Waals surface area (Å²) in [7, 11) is 0. The van der Waals surface area contributed by atoms with Gasteiger partial charge in [0.1, 0.15) is 11.5 Å². The first-order valence-corrected chi connectivity index (χ1v) is 7.76. The topological polar surface area (TPSA) is 48.5 Å². The summed E-state index contributed by atoms with van der Waals surface area (Å²) < 4.78 is 17.6. The molecule has 0 atom stereocenters. The highest BCUT2D eigenvalue weighted by atomic mass is 35.5. The molecule has 0 aliphatic heterocycles. The summed E-state index contributed by atoms with van der Waals surface area (Å²) >= 11 is 6.20. The maximum absolute atomic E-state index is 14.0. The molecule has 120 valence electrons. The van der Waals surface area contributed by atoms with Crippen molar-refractivity contribution < 1.29 is 4.39 Å². The van der Waals surface area contributed by atoms with Crippen LogP contribution < -0.4 is 0 Å². The largest absolute Gasteiger partial charge is 0.272 e. The van der Waals surface area contributed by atoms with E-state index in [1.165, 1.54) is 6.07 Å². The van der Waals surface area contributed by atoms with E-state index in [0.29, 0.717) is 22.8 Å². The van der Waals surface area contributed by atoms with Gasteiger partial charge in [0.25, 0.3) is 0 Å². The van der Waals surface area contributed by atoms with E-state index in [0.717, 1.165) is 24.1 Å². The summed E-state index contributed by atoms with van der Waals surface area (Å²) in [5.74, 6) is -0.389. The number of benzene rings is 1. The first-order valence-electron chi connectivity index (χ1n) is 7.39. The Balaban J connectivity index is 1.70. The summed E-state index contributed by atoms with van der Waals surface area (Å²) in [6, 6.07) is 3.05. The summed E-state index contributed by atoms with van der Waals surface area (Å²) in [6.07, 6.45) is 6.40. The number of rotatable bonds is 5. The lowest BCUT2D eigenvalue weighted by atomic mass is 10.1. The Morgan fingerprint density at radius 2 is 1.91 bits per heavy atom. The second kappa shape index (κ2) is 6.50. The molecular formula is C16H17ClFN5. The van der Waals surface area contributed by atoms with Crippen molar-refractivity contribution in [3.05, 3.63) is 52.7 Å². The van der Waals surface area contributed by atoms with Crippen LogP contribution in [-0.4, -0.2) is 24.8 Å². The number of hydrogen-bond acceptors (Lipinski definition) is 3. The summed E-state index contributed by atoms with van der Waals surface area (Å²) in [5, 5.41) is 12.7. The van der Waals surface area contributed by atoms with Gasteiger partial charge >= 0.3 is 0 Å². The fourth-order valence-electron chi connectivity index (χ4n) is 2.40. The van der Waals surface area contributed by atoms with E-state index >= 15 is 0 Å². The van der Waals surface area contributed by atoms with Gasteiger partial charge in [-0.1, -0.05) is 22.9 Å². The quantitative estimate of drug-likeness (QED) is 0.716. The van der Waals surface area contributed by atoms with Crippen molar-refractivity contribution in [1.82, 2.24) is 24.8 Å². The molecule has 0 unspecified atom stereocenters. The SMILES string of the molecule is Cc1cnn(CCCn2cc(-c3c(F)ccc(C)c3Cl)nn2)c1. The minimum atomic E-state index is -0.389. The van der Waals surface area contributed by atoms with E-state index in [9.17, 15) is 4.39 Å². The number of nitrogens with zero attached hydrogens (tertiary/aromatic N) is 5. The Morgan fingerprint density at radius 3 is 2.65 bits per heavy atom. The third-order valence-electron chi connectivity index (χ3n) is 3.62. The first kappa shape index (κ1) is 15.7. The fraction of sp³-hybridized carbons (Fsp3) is 0.312. The standard InChI is InChI=1S/C16H17ClFN5/c1-11-8-19-22(9-11)6-3-7-23-10-14(20-21-23)15-13(18)5-4-12(2)16(15)17/h4-5,8-10H,3,6-7H2,1-2H3. The van der Waals surface area contributed by atoms with Crippen LogP contribution in [0.4, 0.5) is 4.39 Å². The van der Waals surface area contributed by atoms with Gasteiger partial charge in [0.05, 0.1) is 23.0 Å². The predicted octanol–water partition coefficient (Wildman–Crippen LogP) is 3.64. The van der Waals surface area contributed by atoms with E-state index in [2.05, 4.69) is 15.4 Å². The van der Waals surface area contributed by atoms with Crippen LogP contribution in [0.5, 0.6) is 0 Å². The van der Waals surface area contributed by atoms with E-state index in [1.807, 2.05) is 30.9 Å². The zero-order chi connectivity index (χ0) is 16.4. The lowest BCUT2D eigenvalue weighted by molar-refractivity contribution is 0.492. The molecule has 2 heterocycles. The normalized spacial score (nSPS) is 11.1. The van der Waals surface area contributed by atoms with Gasteiger partial charge in [-0.3, -0.25) is 9.36 Å². The van der Waals surface area contributed by atoms with Crippen LogP contribution >= 0.6 is 11.6 Å². The number of hydrogen-bond donors (Lipinski definition) is 0. The van der Waals surface area contributed by atoms with Gasteiger partial charge in [-0.2, -0.15) is 5.10 Å². The molecule has 0 fully saturated rings. The number of halogens is 2. The monoisotopic (exact) mass is 333 g/mol. The first-order chi connectivity index (χ1) is 11.0. The molecule has 0 saturated carbocycles. The zero-order valence-electron chi connectivity index (χ0n) is 13.0. The maximum atomic E-state index is 14.0. The fourth-order valence-corrected chi connectivity index (χ4v) is 2.65. The molecule has 0 aliphatic carbocycles. The van der Waals surface area contributed by atoms with E-state index in [4.69, 9.17) is 11.6 Å². The van der Waals surface area contributed by atoms with Crippen molar-refractivity contribution in [1.29, 1.82) is 0 Å². The van der Waals surface area contributed by atoms with Crippen molar-refractivity contribution >= 4 is 11.6 Å². The summed E-state index contributed by atoms with van der Waals surface area (Å²) in [5.41, 5.74) is 2.70. The molecule has 1 aromatic carbocycles. The van der Waals surface area contributed by atoms with Crippen molar-refractivity contribution in [3.63, 3.8) is 0 Å². The Bertz CT molecular complexity index is 824. The van der Waals surface area contributed by atoms with Crippen LogP contribution in [0.2, 0.25) is 5.02 Å². The van der Waals surface area contributed by atoms with Crippen LogP contribution in [0.15, 0.2) is 30.7 Å². The highest BCUT2D eigenvalue weighted by Crippen LogP contribution is 2.31. The summed E-state index contributed by atoms with van der Waals surface area (Å²) in [4.78, 5) is 0. The average Bonchev–Trinajstić information content (AvgIpc) is 3.13. The van der Waals surface area contributed by atoms with Crippen LogP contribution in [0.3, 0.4) is 0 Å². The second-order valence-electron chi connectivity index (χ2n) is 5.55. The smallest absolute Gasteiger partial charge is 0.134 e.